The van der Waals surface area contributed by atoms with Gasteiger partial charge in [-0.15, -0.1) is 0 Å². The largest absolute Gasteiger partial charge is 0.423 e. The smallest absolute Gasteiger partial charge is 0.315 e. The fraction of sp³-hybridized carbons (Fsp3) is 0.350. The minimum Gasteiger partial charge on any atom is -0.423 e. The van der Waals surface area contributed by atoms with Gasteiger partial charge in [-0.25, -0.2) is 4.39 Å². The normalized spacial score (nSPS) is 19.4. The first kappa shape index (κ1) is 16.7. The highest BCUT2D eigenvalue weighted by Crippen LogP contribution is 2.39. The highest BCUT2D eigenvalue weighted by Gasteiger charge is 2.35. The monoisotopic (exact) mass is 328 g/mol. The Balaban J connectivity index is 1.91. The third-order valence-electron chi connectivity index (χ3n) is 4.81. The van der Waals surface area contributed by atoms with E-state index >= 15 is 0 Å². The Morgan fingerprint density at radius 1 is 1.17 bits per heavy atom. The van der Waals surface area contributed by atoms with Gasteiger partial charge in [0.15, 0.2) is 11.6 Å². The van der Waals surface area contributed by atoms with Crippen LogP contribution in [-0.4, -0.2) is 11.1 Å². The maximum atomic E-state index is 14.4. The number of aliphatic hydroxyl groups excluding tert-OH is 1. The van der Waals surface area contributed by atoms with Gasteiger partial charge in [-0.1, -0.05) is 48.9 Å². The first-order valence-corrected chi connectivity index (χ1v) is 8.16. The predicted molar refractivity (Wildman–Crippen MR) is 89.5 cm³/mol. The number of aryl methyl sites for hydroxylation is 1. The first-order chi connectivity index (χ1) is 11.4. The molecule has 1 N–H and O–H groups in total. The Labute approximate surface area is 141 Å². The van der Waals surface area contributed by atoms with Gasteiger partial charge in [0.1, 0.15) is 0 Å². The van der Waals surface area contributed by atoms with E-state index in [4.69, 9.17) is 4.74 Å². The van der Waals surface area contributed by atoms with Gasteiger partial charge in [0.05, 0.1) is 12.0 Å². The summed E-state index contributed by atoms with van der Waals surface area (Å²) in [6.07, 6.45) is -0.515. The molecule has 0 aromatic heterocycles. The van der Waals surface area contributed by atoms with Crippen LogP contribution >= 0.6 is 0 Å². The molecule has 2 aromatic carbocycles. The van der Waals surface area contributed by atoms with Crippen LogP contribution in [0.1, 0.15) is 48.1 Å². The zero-order chi connectivity index (χ0) is 17.4. The summed E-state index contributed by atoms with van der Waals surface area (Å²) in [6.45, 7) is 5.49. The fourth-order valence-corrected chi connectivity index (χ4v) is 3.18. The van der Waals surface area contributed by atoms with Crippen molar-refractivity contribution in [1.82, 2.24) is 0 Å². The molecule has 24 heavy (non-hydrogen) atoms. The van der Waals surface area contributed by atoms with Gasteiger partial charge in [-0.2, -0.15) is 0 Å². The summed E-state index contributed by atoms with van der Waals surface area (Å²) in [5.41, 5.74) is 3.04. The van der Waals surface area contributed by atoms with E-state index in [1.807, 2.05) is 38.1 Å². The minimum atomic E-state index is -0.946. The molecular formula is C20H21FO3. The van der Waals surface area contributed by atoms with Crippen molar-refractivity contribution in [2.45, 2.75) is 39.2 Å². The lowest BCUT2D eigenvalue weighted by atomic mass is 9.81. The van der Waals surface area contributed by atoms with Crippen molar-refractivity contribution < 1.29 is 19.0 Å². The number of hydrogen-bond donors (Lipinski definition) is 1. The molecule has 0 aliphatic carbocycles. The molecule has 1 heterocycles. The summed E-state index contributed by atoms with van der Waals surface area (Å²) in [6, 6.07) is 11.4. The molecule has 3 rings (SSSR count). The number of carbonyl (C=O) groups excluding carboxylic acids is 1. The van der Waals surface area contributed by atoms with Crippen LogP contribution in [0.3, 0.4) is 0 Å². The molecule has 4 heteroatoms. The average molecular weight is 328 g/mol. The maximum Gasteiger partial charge on any atom is 0.315 e. The molecule has 126 valence electrons. The van der Waals surface area contributed by atoms with Gasteiger partial charge < -0.3 is 9.84 Å². The number of aliphatic hydroxyl groups is 1. The van der Waals surface area contributed by atoms with Gasteiger partial charge >= 0.3 is 5.97 Å². The van der Waals surface area contributed by atoms with Crippen molar-refractivity contribution in [3.05, 3.63) is 64.5 Å². The Morgan fingerprint density at radius 3 is 2.46 bits per heavy atom. The van der Waals surface area contributed by atoms with Crippen molar-refractivity contribution in [3.63, 3.8) is 0 Å². The Morgan fingerprint density at radius 2 is 1.83 bits per heavy atom. The molecule has 0 amide bonds. The number of carbonyl (C=O) groups is 1. The lowest BCUT2D eigenvalue weighted by Gasteiger charge is -2.29. The fourth-order valence-electron chi connectivity index (χ4n) is 3.18. The SMILES string of the molecule is Cc1ccc(C(C)C2Cc3ccc(C(C)O)c(F)c3OC2=O)cc1. The molecule has 0 saturated carbocycles. The Bertz CT molecular complexity index is 765. The summed E-state index contributed by atoms with van der Waals surface area (Å²) < 4.78 is 19.7. The molecule has 0 saturated heterocycles. The van der Waals surface area contributed by atoms with Gasteiger partial charge in [0.25, 0.3) is 0 Å². The highest BCUT2D eigenvalue weighted by molar-refractivity contribution is 5.79. The third-order valence-corrected chi connectivity index (χ3v) is 4.81. The lowest BCUT2D eigenvalue weighted by Crippen LogP contribution is -2.32. The summed E-state index contributed by atoms with van der Waals surface area (Å²) in [5.74, 6) is -1.47. The summed E-state index contributed by atoms with van der Waals surface area (Å²) >= 11 is 0. The maximum absolute atomic E-state index is 14.4. The van der Waals surface area contributed by atoms with Crippen LogP contribution in [0.2, 0.25) is 0 Å². The molecule has 0 radical (unpaired) electrons. The zero-order valence-corrected chi connectivity index (χ0v) is 14.0. The zero-order valence-electron chi connectivity index (χ0n) is 14.0. The standard InChI is InChI=1S/C20H21FO3/c1-11-4-6-14(7-5-11)12(2)17-10-15-8-9-16(13(3)22)18(21)19(15)24-20(17)23/h4-9,12-13,17,22H,10H2,1-3H3. The number of rotatable bonds is 3. The summed E-state index contributed by atoms with van der Waals surface area (Å²) in [4.78, 5) is 12.4. The predicted octanol–water partition coefficient (Wildman–Crippen LogP) is 4.07. The summed E-state index contributed by atoms with van der Waals surface area (Å²) in [7, 11) is 0. The average Bonchev–Trinajstić information content (AvgIpc) is 2.55. The highest BCUT2D eigenvalue weighted by atomic mass is 19.1. The van der Waals surface area contributed by atoms with Crippen molar-refractivity contribution in [2.24, 2.45) is 5.92 Å². The van der Waals surface area contributed by atoms with Crippen LogP contribution < -0.4 is 4.74 Å². The molecule has 2 aromatic rings. The van der Waals surface area contributed by atoms with Crippen molar-refractivity contribution in [3.8, 4) is 5.75 Å². The van der Waals surface area contributed by atoms with E-state index in [0.717, 1.165) is 11.1 Å². The first-order valence-electron chi connectivity index (χ1n) is 8.16. The van der Waals surface area contributed by atoms with E-state index in [1.165, 1.54) is 6.92 Å². The minimum absolute atomic E-state index is 0.0225. The van der Waals surface area contributed by atoms with Gasteiger partial charge in [0.2, 0.25) is 0 Å². The second-order valence-corrected chi connectivity index (χ2v) is 6.56. The molecule has 1 aliphatic rings. The molecule has 3 unspecified atom stereocenters. The van der Waals surface area contributed by atoms with Gasteiger partial charge in [0, 0.05) is 5.56 Å². The number of hydrogen-bond acceptors (Lipinski definition) is 3. The van der Waals surface area contributed by atoms with E-state index in [2.05, 4.69) is 0 Å². The van der Waals surface area contributed by atoms with E-state index < -0.39 is 17.9 Å². The second kappa shape index (κ2) is 6.36. The van der Waals surface area contributed by atoms with Crippen molar-refractivity contribution in [1.29, 1.82) is 0 Å². The number of benzene rings is 2. The van der Waals surface area contributed by atoms with E-state index in [-0.39, 0.29) is 23.1 Å². The number of esters is 1. The van der Waals surface area contributed by atoms with Crippen LogP contribution in [-0.2, 0) is 11.2 Å². The van der Waals surface area contributed by atoms with Crippen LogP contribution in [0.25, 0.3) is 0 Å². The molecule has 3 nitrogen and oxygen atoms in total. The van der Waals surface area contributed by atoms with Gasteiger partial charge in [-0.3, -0.25) is 4.79 Å². The quantitative estimate of drug-likeness (QED) is 0.682. The number of halogens is 1. The van der Waals surface area contributed by atoms with Crippen LogP contribution in [0.4, 0.5) is 4.39 Å². The molecule has 0 fully saturated rings. The van der Waals surface area contributed by atoms with Crippen LogP contribution in [0, 0.1) is 18.7 Å². The van der Waals surface area contributed by atoms with Crippen molar-refractivity contribution >= 4 is 5.97 Å². The van der Waals surface area contributed by atoms with E-state index in [0.29, 0.717) is 12.0 Å². The molecular weight excluding hydrogens is 307 g/mol. The molecule has 0 bridgehead atoms. The van der Waals surface area contributed by atoms with Crippen molar-refractivity contribution in [2.75, 3.05) is 0 Å². The Kier molecular flexibility index (Phi) is 4.41. The van der Waals surface area contributed by atoms with Crippen LogP contribution in [0.15, 0.2) is 36.4 Å². The molecule has 1 aliphatic heterocycles. The van der Waals surface area contributed by atoms with Gasteiger partial charge in [-0.05, 0) is 37.3 Å². The number of fused-ring (bicyclic) bond motifs is 1. The second-order valence-electron chi connectivity index (χ2n) is 6.56. The topological polar surface area (TPSA) is 46.5 Å². The Hall–Kier alpha value is -2.20. The number of ether oxygens (including phenoxy) is 1. The molecule has 0 spiro atoms. The molecule has 3 atom stereocenters. The lowest BCUT2D eigenvalue weighted by molar-refractivity contribution is -0.141. The third kappa shape index (κ3) is 2.94. The van der Waals surface area contributed by atoms with E-state index in [1.54, 1.807) is 12.1 Å². The summed E-state index contributed by atoms with van der Waals surface area (Å²) in [5, 5.41) is 9.60. The van der Waals surface area contributed by atoms with E-state index in [9.17, 15) is 14.3 Å². The van der Waals surface area contributed by atoms with Crippen LogP contribution in [0.5, 0.6) is 5.75 Å².